The molecule has 7 nitrogen and oxygen atoms in total. The maximum atomic E-state index is 12.3. The lowest BCUT2D eigenvalue weighted by Gasteiger charge is -2.32. The summed E-state index contributed by atoms with van der Waals surface area (Å²) in [6.07, 6.45) is 3.14. The van der Waals surface area contributed by atoms with Crippen LogP contribution >= 0.6 is 0 Å². The molecular weight excluding hydrogens is 334 g/mol. The standard InChI is InChI=1S/C19H25N3O4/c20-13-15-3-5-16(6-4-15)26-18-8-12-24-14-17(18)21-19(23)7-10-22-9-1-2-11-25-22/h3-6,17-18H,1-2,7-12,14H2,(H,21,23)/t17-,18-/m1/s1. The lowest BCUT2D eigenvalue weighted by molar-refractivity contribution is -0.181. The van der Waals surface area contributed by atoms with Gasteiger partial charge in [-0.2, -0.15) is 10.3 Å². The minimum absolute atomic E-state index is 0.0249. The van der Waals surface area contributed by atoms with Crippen LogP contribution in [-0.2, 0) is 14.4 Å². The molecule has 1 amide bonds. The fourth-order valence-corrected chi connectivity index (χ4v) is 3.11. The van der Waals surface area contributed by atoms with E-state index < -0.39 is 0 Å². The number of rotatable bonds is 6. The molecule has 2 saturated heterocycles. The first-order valence-electron chi connectivity index (χ1n) is 9.16. The maximum Gasteiger partial charge on any atom is 0.221 e. The first-order chi connectivity index (χ1) is 12.7. The van der Waals surface area contributed by atoms with Crippen molar-refractivity contribution in [1.29, 1.82) is 5.26 Å². The first-order valence-corrected chi connectivity index (χ1v) is 9.16. The molecule has 0 unspecified atom stereocenters. The van der Waals surface area contributed by atoms with Gasteiger partial charge in [0.1, 0.15) is 11.9 Å². The fraction of sp³-hybridized carbons (Fsp3) is 0.579. The molecule has 0 spiro atoms. The summed E-state index contributed by atoms with van der Waals surface area (Å²) in [5, 5.41) is 13.8. The van der Waals surface area contributed by atoms with Crippen molar-refractivity contribution in [3.05, 3.63) is 29.8 Å². The van der Waals surface area contributed by atoms with Crippen LogP contribution < -0.4 is 10.1 Å². The summed E-state index contributed by atoms with van der Waals surface area (Å²) >= 11 is 0. The monoisotopic (exact) mass is 359 g/mol. The Kier molecular flexibility index (Phi) is 6.83. The van der Waals surface area contributed by atoms with E-state index in [2.05, 4.69) is 11.4 Å². The van der Waals surface area contributed by atoms with E-state index in [-0.39, 0.29) is 18.1 Å². The van der Waals surface area contributed by atoms with Gasteiger partial charge in [-0.25, -0.2) is 0 Å². The van der Waals surface area contributed by atoms with Crippen molar-refractivity contribution in [3.8, 4) is 11.8 Å². The summed E-state index contributed by atoms with van der Waals surface area (Å²) < 4.78 is 11.5. The predicted octanol–water partition coefficient (Wildman–Crippen LogP) is 1.63. The van der Waals surface area contributed by atoms with Gasteiger partial charge in [-0.3, -0.25) is 9.63 Å². The molecule has 3 rings (SSSR count). The van der Waals surface area contributed by atoms with Gasteiger partial charge in [-0.15, -0.1) is 0 Å². The zero-order chi connectivity index (χ0) is 18.2. The van der Waals surface area contributed by atoms with E-state index in [4.69, 9.17) is 19.6 Å². The number of amides is 1. The fourth-order valence-electron chi connectivity index (χ4n) is 3.11. The molecule has 0 bridgehead atoms. The molecule has 2 heterocycles. The molecule has 2 aliphatic heterocycles. The number of nitrogens with zero attached hydrogens (tertiary/aromatic N) is 2. The van der Waals surface area contributed by atoms with Gasteiger partial charge in [0.05, 0.1) is 37.5 Å². The second-order valence-corrected chi connectivity index (χ2v) is 6.55. The third-order valence-corrected chi connectivity index (χ3v) is 4.57. The molecule has 2 atom stereocenters. The van der Waals surface area contributed by atoms with Crippen LogP contribution in [0.3, 0.4) is 0 Å². The molecule has 26 heavy (non-hydrogen) atoms. The Morgan fingerprint density at radius 2 is 2.15 bits per heavy atom. The van der Waals surface area contributed by atoms with Gasteiger partial charge in [0, 0.05) is 25.9 Å². The largest absolute Gasteiger partial charge is 0.488 e. The molecule has 7 heteroatoms. The number of hydrogen-bond acceptors (Lipinski definition) is 6. The highest BCUT2D eigenvalue weighted by Crippen LogP contribution is 2.19. The summed E-state index contributed by atoms with van der Waals surface area (Å²) in [6, 6.07) is 8.90. The Morgan fingerprint density at radius 1 is 1.31 bits per heavy atom. The highest BCUT2D eigenvalue weighted by atomic mass is 16.7. The highest BCUT2D eigenvalue weighted by Gasteiger charge is 2.29. The van der Waals surface area contributed by atoms with Crippen LogP contribution in [0.25, 0.3) is 0 Å². The van der Waals surface area contributed by atoms with Crippen LogP contribution in [0.15, 0.2) is 24.3 Å². The molecule has 0 aromatic heterocycles. The van der Waals surface area contributed by atoms with Crippen molar-refractivity contribution >= 4 is 5.91 Å². The van der Waals surface area contributed by atoms with E-state index >= 15 is 0 Å². The minimum Gasteiger partial charge on any atom is -0.488 e. The molecule has 1 N–H and O–H groups in total. The average Bonchev–Trinajstić information content (AvgIpc) is 2.69. The van der Waals surface area contributed by atoms with E-state index in [1.807, 2.05) is 5.06 Å². The molecule has 1 aromatic carbocycles. The summed E-state index contributed by atoms with van der Waals surface area (Å²) in [5.74, 6) is 0.667. The van der Waals surface area contributed by atoms with Crippen molar-refractivity contribution in [3.63, 3.8) is 0 Å². The number of carbonyl (C=O) groups excluding carboxylic acids is 1. The summed E-state index contributed by atoms with van der Waals surface area (Å²) in [5.41, 5.74) is 0.592. The van der Waals surface area contributed by atoms with Crippen LogP contribution in [0.1, 0.15) is 31.2 Å². The van der Waals surface area contributed by atoms with Gasteiger partial charge in [0.2, 0.25) is 5.91 Å². The van der Waals surface area contributed by atoms with Crippen molar-refractivity contribution in [2.45, 2.75) is 37.8 Å². The quantitative estimate of drug-likeness (QED) is 0.831. The topological polar surface area (TPSA) is 83.8 Å². The van der Waals surface area contributed by atoms with Gasteiger partial charge in [0.25, 0.3) is 0 Å². The van der Waals surface area contributed by atoms with Crippen LogP contribution in [-0.4, -0.2) is 56.0 Å². The molecule has 2 fully saturated rings. The van der Waals surface area contributed by atoms with Gasteiger partial charge < -0.3 is 14.8 Å². The Morgan fingerprint density at radius 3 is 2.88 bits per heavy atom. The van der Waals surface area contributed by atoms with Crippen molar-refractivity contribution < 1.29 is 19.1 Å². The number of nitrogens with one attached hydrogen (secondary N) is 1. The second kappa shape index (κ2) is 9.53. The molecule has 0 saturated carbocycles. The van der Waals surface area contributed by atoms with Crippen LogP contribution in [0.2, 0.25) is 0 Å². The Hall–Kier alpha value is -2.14. The van der Waals surface area contributed by atoms with Crippen LogP contribution in [0.5, 0.6) is 5.75 Å². The number of ether oxygens (including phenoxy) is 2. The van der Waals surface area contributed by atoms with E-state index in [9.17, 15) is 4.79 Å². The van der Waals surface area contributed by atoms with Gasteiger partial charge in [-0.1, -0.05) is 0 Å². The molecule has 0 aliphatic carbocycles. The highest BCUT2D eigenvalue weighted by molar-refractivity contribution is 5.76. The molecule has 1 aromatic rings. The lowest BCUT2D eigenvalue weighted by Crippen LogP contribution is -2.52. The average molecular weight is 359 g/mol. The number of hydrogen-bond donors (Lipinski definition) is 1. The third-order valence-electron chi connectivity index (χ3n) is 4.57. The second-order valence-electron chi connectivity index (χ2n) is 6.55. The molecule has 140 valence electrons. The Balaban J connectivity index is 1.49. The number of hydroxylamine groups is 2. The van der Waals surface area contributed by atoms with Crippen molar-refractivity contribution in [2.75, 3.05) is 32.9 Å². The normalized spacial score (nSPS) is 23.8. The zero-order valence-corrected chi connectivity index (χ0v) is 14.9. The van der Waals surface area contributed by atoms with Gasteiger partial charge in [0.15, 0.2) is 0 Å². The van der Waals surface area contributed by atoms with Crippen molar-refractivity contribution in [2.24, 2.45) is 0 Å². The van der Waals surface area contributed by atoms with Crippen LogP contribution in [0.4, 0.5) is 0 Å². The zero-order valence-electron chi connectivity index (χ0n) is 14.9. The smallest absolute Gasteiger partial charge is 0.221 e. The Bertz CT molecular complexity index is 623. The van der Waals surface area contributed by atoms with E-state index in [0.29, 0.717) is 43.9 Å². The van der Waals surface area contributed by atoms with E-state index in [1.54, 1.807) is 24.3 Å². The van der Waals surface area contributed by atoms with Crippen molar-refractivity contribution in [1.82, 2.24) is 10.4 Å². The number of nitriles is 1. The lowest BCUT2D eigenvalue weighted by atomic mass is 10.1. The molecule has 0 radical (unpaired) electrons. The van der Waals surface area contributed by atoms with Gasteiger partial charge >= 0.3 is 0 Å². The molecular formula is C19H25N3O4. The number of benzene rings is 1. The van der Waals surface area contributed by atoms with E-state index in [0.717, 1.165) is 26.0 Å². The first kappa shape index (κ1) is 18.6. The maximum absolute atomic E-state index is 12.3. The van der Waals surface area contributed by atoms with Gasteiger partial charge in [-0.05, 0) is 37.1 Å². The minimum atomic E-state index is -0.186. The summed E-state index contributed by atoms with van der Waals surface area (Å²) in [7, 11) is 0. The SMILES string of the molecule is N#Cc1ccc(O[C@@H]2CCOC[C@H]2NC(=O)CCN2CCCCO2)cc1. The Labute approximate surface area is 153 Å². The predicted molar refractivity (Wildman–Crippen MR) is 94.3 cm³/mol. The third kappa shape index (κ3) is 5.43. The van der Waals surface area contributed by atoms with Crippen LogP contribution in [0, 0.1) is 11.3 Å². The summed E-state index contributed by atoms with van der Waals surface area (Å²) in [4.78, 5) is 17.8. The number of carbonyl (C=O) groups is 1. The molecule has 2 aliphatic rings. The van der Waals surface area contributed by atoms with E-state index in [1.165, 1.54) is 0 Å². The summed E-state index contributed by atoms with van der Waals surface area (Å²) in [6.45, 7) is 3.26.